The van der Waals surface area contributed by atoms with Crippen molar-refractivity contribution >= 4 is 15.7 Å². The summed E-state index contributed by atoms with van der Waals surface area (Å²) in [6.07, 6.45) is 0.988. The van der Waals surface area contributed by atoms with Crippen LogP contribution in [0, 0.1) is 5.92 Å². The third-order valence-electron chi connectivity index (χ3n) is 4.01. The van der Waals surface area contributed by atoms with Gasteiger partial charge in [-0.3, -0.25) is 0 Å². The molecule has 1 aliphatic rings. The van der Waals surface area contributed by atoms with E-state index in [0.29, 0.717) is 25.2 Å². The number of rotatable bonds is 4. The van der Waals surface area contributed by atoms with E-state index in [-0.39, 0.29) is 10.8 Å². The molecule has 6 heteroatoms. The van der Waals surface area contributed by atoms with Gasteiger partial charge in [-0.25, -0.2) is 8.42 Å². The van der Waals surface area contributed by atoms with Crippen molar-refractivity contribution in [3.05, 3.63) is 23.8 Å². The number of sulfonamides is 1. The molecule has 2 rings (SSSR count). The van der Waals surface area contributed by atoms with E-state index >= 15 is 0 Å². The standard InChI is InChI=1S/C14H22N2O3S/c1-3-11-4-5-13(8-14(11)15)20(18,19)16-7-6-12(9-16)10(2)17/h4-5,8,10,12,17H,3,6-7,9,15H2,1-2H3. The molecular weight excluding hydrogens is 276 g/mol. The van der Waals surface area contributed by atoms with Gasteiger partial charge in [0.25, 0.3) is 0 Å². The average molecular weight is 298 g/mol. The minimum Gasteiger partial charge on any atom is -0.398 e. The van der Waals surface area contributed by atoms with Gasteiger partial charge in [0.05, 0.1) is 11.0 Å². The van der Waals surface area contributed by atoms with Crippen LogP contribution >= 0.6 is 0 Å². The fourth-order valence-electron chi connectivity index (χ4n) is 2.57. The molecule has 0 bridgehead atoms. The van der Waals surface area contributed by atoms with E-state index in [1.165, 1.54) is 10.4 Å². The number of benzene rings is 1. The molecule has 2 atom stereocenters. The SMILES string of the molecule is CCc1ccc(S(=O)(=O)N2CCC(C(C)O)C2)cc1N. The number of aliphatic hydroxyl groups is 1. The van der Waals surface area contributed by atoms with Crippen LogP contribution < -0.4 is 5.73 Å². The zero-order valence-electron chi connectivity index (χ0n) is 11.9. The van der Waals surface area contributed by atoms with Gasteiger partial charge in [-0.15, -0.1) is 0 Å². The predicted octanol–water partition coefficient (Wildman–Crippen LogP) is 1.22. The molecule has 0 aliphatic carbocycles. The van der Waals surface area contributed by atoms with E-state index in [4.69, 9.17) is 5.73 Å². The highest BCUT2D eigenvalue weighted by molar-refractivity contribution is 7.89. The van der Waals surface area contributed by atoms with Crippen LogP contribution in [0.4, 0.5) is 5.69 Å². The minimum atomic E-state index is -3.51. The van der Waals surface area contributed by atoms with Crippen molar-refractivity contribution in [3.8, 4) is 0 Å². The summed E-state index contributed by atoms with van der Waals surface area (Å²) in [6, 6.07) is 4.91. The Balaban J connectivity index is 2.25. The van der Waals surface area contributed by atoms with Crippen LogP contribution in [-0.2, 0) is 16.4 Å². The molecule has 0 amide bonds. The highest BCUT2D eigenvalue weighted by Crippen LogP contribution is 2.27. The fraction of sp³-hybridized carbons (Fsp3) is 0.571. The van der Waals surface area contributed by atoms with Crippen molar-refractivity contribution in [3.63, 3.8) is 0 Å². The van der Waals surface area contributed by atoms with E-state index < -0.39 is 16.1 Å². The van der Waals surface area contributed by atoms with Gasteiger partial charge in [0.2, 0.25) is 10.0 Å². The number of aryl methyl sites for hydroxylation is 1. The summed E-state index contributed by atoms with van der Waals surface area (Å²) >= 11 is 0. The van der Waals surface area contributed by atoms with Gasteiger partial charge in [-0.2, -0.15) is 4.31 Å². The second-order valence-corrected chi connectivity index (χ2v) is 7.30. The summed E-state index contributed by atoms with van der Waals surface area (Å²) in [5.74, 6) is 0.0111. The van der Waals surface area contributed by atoms with E-state index in [1.807, 2.05) is 6.92 Å². The van der Waals surface area contributed by atoms with Crippen LogP contribution in [0.5, 0.6) is 0 Å². The molecule has 1 heterocycles. The topological polar surface area (TPSA) is 83.6 Å². The third-order valence-corrected chi connectivity index (χ3v) is 5.87. The van der Waals surface area contributed by atoms with Gasteiger partial charge in [0.1, 0.15) is 0 Å². The number of hydrogen-bond donors (Lipinski definition) is 2. The molecule has 20 heavy (non-hydrogen) atoms. The third kappa shape index (κ3) is 2.82. The summed E-state index contributed by atoms with van der Waals surface area (Å²) in [6.45, 7) is 4.51. The largest absolute Gasteiger partial charge is 0.398 e. The van der Waals surface area contributed by atoms with E-state index in [0.717, 1.165) is 12.0 Å². The summed E-state index contributed by atoms with van der Waals surface area (Å²) in [5, 5.41) is 9.58. The Kier molecular flexibility index (Phi) is 4.36. The molecule has 1 saturated heterocycles. The lowest BCUT2D eigenvalue weighted by molar-refractivity contribution is 0.133. The van der Waals surface area contributed by atoms with Crippen molar-refractivity contribution in [1.82, 2.24) is 4.31 Å². The minimum absolute atomic E-state index is 0.0111. The monoisotopic (exact) mass is 298 g/mol. The highest BCUT2D eigenvalue weighted by Gasteiger charge is 2.34. The van der Waals surface area contributed by atoms with Gasteiger partial charge in [0.15, 0.2) is 0 Å². The number of nitrogens with zero attached hydrogens (tertiary/aromatic N) is 1. The summed E-state index contributed by atoms with van der Waals surface area (Å²) < 4.78 is 26.5. The summed E-state index contributed by atoms with van der Waals surface area (Å²) in [5.41, 5.74) is 7.34. The van der Waals surface area contributed by atoms with Gasteiger partial charge in [-0.05, 0) is 43.4 Å². The van der Waals surface area contributed by atoms with E-state index in [1.54, 1.807) is 19.1 Å². The van der Waals surface area contributed by atoms with Gasteiger partial charge < -0.3 is 10.8 Å². The maximum absolute atomic E-state index is 12.5. The normalized spacial score (nSPS) is 22.1. The van der Waals surface area contributed by atoms with Gasteiger partial charge >= 0.3 is 0 Å². The molecule has 112 valence electrons. The van der Waals surface area contributed by atoms with Crippen LogP contribution in [0.25, 0.3) is 0 Å². The summed E-state index contributed by atoms with van der Waals surface area (Å²) in [4.78, 5) is 0.235. The molecule has 0 saturated carbocycles. The molecule has 0 spiro atoms. The quantitative estimate of drug-likeness (QED) is 0.819. The fourth-order valence-corrected chi connectivity index (χ4v) is 4.12. The Bertz CT molecular complexity index is 584. The van der Waals surface area contributed by atoms with Crippen molar-refractivity contribution in [1.29, 1.82) is 0 Å². The second-order valence-electron chi connectivity index (χ2n) is 5.37. The predicted molar refractivity (Wildman–Crippen MR) is 78.8 cm³/mol. The maximum atomic E-state index is 12.5. The number of anilines is 1. The molecule has 0 aromatic heterocycles. The Hall–Kier alpha value is -1.11. The average Bonchev–Trinajstić information content (AvgIpc) is 2.89. The smallest absolute Gasteiger partial charge is 0.243 e. The first-order valence-electron chi connectivity index (χ1n) is 6.93. The number of hydrogen-bond acceptors (Lipinski definition) is 4. The van der Waals surface area contributed by atoms with Crippen LogP contribution in [0.1, 0.15) is 25.8 Å². The van der Waals surface area contributed by atoms with Gasteiger partial charge in [0, 0.05) is 18.8 Å². The Labute approximate surface area is 120 Å². The zero-order chi connectivity index (χ0) is 14.9. The van der Waals surface area contributed by atoms with Crippen molar-refractivity contribution in [2.45, 2.75) is 37.7 Å². The van der Waals surface area contributed by atoms with Crippen LogP contribution in [-0.4, -0.2) is 37.0 Å². The molecule has 1 aromatic rings. The van der Waals surface area contributed by atoms with Crippen molar-refractivity contribution in [2.75, 3.05) is 18.8 Å². The molecule has 1 aliphatic heterocycles. The second kappa shape index (κ2) is 5.71. The maximum Gasteiger partial charge on any atom is 0.243 e. The first-order chi connectivity index (χ1) is 9.36. The molecule has 1 fully saturated rings. The Morgan fingerprint density at radius 2 is 2.20 bits per heavy atom. The number of nitrogens with two attached hydrogens (primary N) is 1. The van der Waals surface area contributed by atoms with E-state index in [9.17, 15) is 13.5 Å². The lowest BCUT2D eigenvalue weighted by atomic mass is 10.0. The van der Waals surface area contributed by atoms with Crippen molar-refractivity contribution in [2.24, 2.45) is 5.92 Å². The Morgan fingerprint density at radius 3 is 2.70 bits per heavy atom. The molecular formula is C14H22N2O3S. The van der Waals surface area contributed by atoms with Gasteiger partial charge in [-0.1, -0.05) is 13.0 Å². The molecule has 2 unspecified atom stereocenters. The van der Waals surface area contributed by atoms with Crippen LogP contribution in [0.2, 0.25) is 0 Å². The first kappa shape index (κ1) is 15.3. The number of nitrogen functional groups attached to an aromatic ring is 1. The first-order valence-corrected chi connectivity index (χ1v) is 8.37. The molecule has 1 aromatic carbocycles. The zero-order valence-corrected chi connectivity index (χ0v) is 12.7. The van der Waals surface area contributed by atoms with E-state index in [2.05, 4.69) is 0 Å². The number of aliphatic hydroxyl groups excluding tert-OH is 1. The van der Waals surface area contributed by atoms with Crippen molar-refractivity contribution < 1.29 is 13.5 Å². The molecule has 0 radical (unpaired) electrons. The van der Waals surface area contributed by atoms with Crippen LogP contribution in [0.15, 0.2) is 23.1 Å². The lowest BCUT2D eigenvalue weighted by Crippen LogP contribution is -2.30. The Morgan fingerprint density at radius 1 is 1.50 bits per heavy atom. The highest BCUT2D eigenvalue weighted by atomic mass is 32.2. The summed E-state index contributed by atoms with van der Waals surface area (Å²) in [7, 11) is -3.51. The molecule has 3 N–H and O–H groups in total. The molecule has 5 nitrogen and oxygen atoms in total. The van der Waals surface area contributed by atoms with Crippen LogP contribution in [0.3, 0.4) is 0 Å². The lowest BCUT2D eigenvalue weighted by Gasteiger charge is -2.18.